The average molecular weight is 239 g/mol. The van der Waals surface area contributed by atoms with E-state index in [1.165, 1.54) is 22.3 Å². The van der Waals surface area contributed by atoms with Crippen molar-refractivity contribution in [2.24, 2.45) is 0 Å². The van der Waals surface area contributed by atoms with Gasteiger partial charge >= 0.3 is 0 Å². The number of benzene rings is 2. The number of fused-ring (bicyclic) bond motifs is 3. The number of rotatable bonds is 2. The van der Waals surface area contributed by atoms with Crippen LogP contribution < -0.4 is 5.48 Å². The molecular formula is C15H13NO2. The van der Waals surface area contributed by atoms with Crippen LogP contribution in [0.15, 0.2) is 36.4 Å². The number of hydrogen-bond acceptors (Lipinski definition) is 3. The summed E-state index contributed by atoms with van der Waals surface area (Å²) in [6.45, 7) is 1.58. The minimum Gasteiger partial charge on any atom is -0.295 e. The first-order valence-corrected chi connectivity index (χ1v) is 5.86. The van der Waals surface area contributed by atoms with E-state index in [1.54, 1.807) is 6.92 Å². The second-order valence-corrected chi connectivity index (χ2v) is 4.59. The molecule has 2 N–H and O–H groups in total. The van der Waals surface area contributed by atoms with Crippen LogP contribution in [0.3, 0.4) is 0 Å². The molecule has 90 valence electrons. The third-order valence-corrected chi connectivity index (χ3v) is 3.42. The summed E-state index contributed by atoms with van der Waals surface area (Å²) < 4.78 is 0. The topological polar surface area (TPSA) is 49.3 Å². The van der Waals surface area contributed by atoms with Gasteiger partial charge in [-0.3, -0.25) is 15.5 Å². The van der Waals surface area contributed by atoms with Gasteiger partial charge in [0.05, 0.1) is 5.69 Å². The predicted octanol–water partition coefficient (Wildman–Crippen LogP) is 3.26. The summed E-state index contributed by atoms with van der Waals surface area (Å²) in [6.07, 6.45) is 0.807. The molecule has 0 unspecified atom stereocenters. The maximum Gasteiger partial charge on any atom is 0.159 e. The predicted molar refractivity (Wildman–Crippen MR) is 70.1 cm³/mol. The highest BCUT2D eigenvalue weighted by Crippen LogP contribution is 2.38. The average Bonchev–Trinajstić information content (AvgIpc) is 2.74. The van der Waals surface area contributed by atoms with E-state index < -0.39 is 0 Å². The molecule has 0 saturated carbocycles. The first-order chi connectivity index (χ1) is 8.69. The molecular weight excluding hydrogens is 226 g/mol. The van der Waals surface area contributed by atoms with E-state index in [-0.39, 0.29) is 5.78 Å². The number of ketones is 1. The minimum atomic E-state index is 0.0893. The van der Waals surface area contributed by atoms with Crippen LogP contribution in [0, 0.1) is 0 Å². The molecule has 0 aliphatic heterocycles. The summed E-state index contributed by atoms with van der Waals surface area (Å²) in [6, 6.07) is 11.6. The van der Waals surface area contributed by atoms with Crippen molar-refractivity contribution in [3.63, 3.8) is 0 Å². The van der Waals surface area contributed by atoms with E-state index in [9.17, 15) is 4.79 Å². The van der Waals surface area contributed by atoms with Crippen molar-refractivity contribution in [3.8, 4) is 11.1 Å². The molecule has 0 radical (unpaired) electrons. The van der Waals surface area contributed by atoms with Gasteiger partial charge in [-0.2, -0.15) is 0 Å². The molecule has 1 aliphatic carbocycles. The Bertz CT molecular complexity index is 647. The van der Waals surface area contributed by atoms with Gasteiger partial charge < -0.3 is 0 Å². The van der Waals surface area contributed by atoms with Gasteiger partial charge in [-0.15, -0.1) is 0 Å². The van der Waals surface area contributed by atoms with Crippen LogP contribution in [-0.4, -0.2) is 11.0 Å². The molecule has 18 heavy (non-hydrogen) atoms. The zero-order valence-electron chi connectivity index (χ0n) is 10.0. The third-order valence-electron chi connectivity index (χ3n) is 3.42. The van der Waals surface area contributed by atoms with Crippen LogP contribution in [0.5, 0.6) is 0 Å². The van der Waals surface area contributed by atoms with Gasteiger partial charge in [-0.25, -0.2) is 0 Å². The zero-order valence-corrected chi connectivity index (χ0v) is 10.0. The van der Waals surface area contributed by atoms with Crippen LogP contribution in [0.1, 0.15) is 28.4 Å². The van der Waals surface area contributed by atoms with Crippen LogP contribution in [0.4, 0.5) is 5.69 Å². The third kappa shape index (κ3) is 1.60. The molecule has 0 bridgehead atoms. The summed E-state index contributed by atoms with van der Waals surface area (Å²) in [5, 5.41) is 8.91. The molecule has 0 fully saturated rings. The normalized spacial score (nSPS) is 11.9. The van der Waals surface area contributed by atoms with Crippen LogP contribution in [-0.2, 0) is 6.42 Å². The number of carbonyl (C=O) groups excluding carboxylic acids is 1. The molecule has 1 aliphatic rings. The molecule has 0 amide bonds. The number of hydrogen-bond donors (Lipinski definition) is 2. The minimum absolute atomic E-state index is 0.0893. The Morgan fingerprint density at radius 3 is 2.44 bits per heavy atom. The molecule has 0 spiro atoms. The van der Waals surface area contributed by atoms with Crippen molar-refractivity contribution in [1.82, 2.24) is 0 Å². The van der Waals surface area contributed by atoms with Gasteiger partial charge in [0.25, 0.3) is 0 Å². The highest BCUT2D eigenvalue weighted by molar-refractivity contribution is 5.95. The summed E-state index contributed by atoms with van der Waals surface area (Å²) >= 11 is 0. The van der Waals surface area contributed by atoms with Gasteiger partial charge in [-0.05, 0) is 53.8 Å². The Hall–Kier alpha value is -2.13. The molecule has 0 aromatic heterocycles. The smallest absolute Gasteiger partial charge is 0.159 e. The first-order valence-electron chi connectivity index (χ1n) is 5.86. The van der Waals surface area contributed by atoms with Crippen LogP contribution >= 0.6 is 0 Å². The number of carbonyl (C=O) groups is 1. The van der Waals surface area contributed by atoms with E-state index in [4.69, 9.17) is 5.21 Å². The van der Waals surface area contributed by atoms with Crippen LogP contribution in [0.2, 0.25) is 0 Å². The fraction of sp³-hybridized carbons (Fsp3) is 0.133. The Labute approximate surface area is 105 Å². The molecule has 2 aromatic carbocycles. The van der Waals surface area contributed by atoms with Gasteiger partial charge in [0, 0.05) is 5.56 Å². The highest BCUT2D eigenvalue weighted by atomic mass is 16.5. The molecule has 3 nitrogen and oxygen atoms in total. The second-order valence-electron chi connectivity index (χ2n) is 4.59. The van der Waals surface area contributed by atoms with Crippen molar-refractivity contribution in [3.05, 3.63) is 53.1 Å². The van der Waals surface area contributed by atoms with Crippen molar-refractivity contribution in [1.29, 1.82) is 0 Å². The van der Waals surface area contributed by atoms with Gasteiger partial charge in [0.2, 0.25) is 0 Å². The van der Waals surface area contributed by atoms with Gasteiger partial charge in [0.1, 0.15) is 0 Å². The fourth-order valence-corrected chi connectivity index (χ4v) is 2.50. The van der Waals surface area contributed by atoms with Gasteiger partial charge in [-0.1, -0.05) is 18.2 Å². The maximum atomic E-state index is 11.4. The lowest BCUT2D eigenvalue weighted by Crippen LogP contribution is -1.93. The molecule has 0 saturated heterocycles. The SMILES string of the molecule is CC(=O)c1ccc2c(c1)Cc1cc(NO)ccc1-2. The lowest BCUT2D eigenvalue weighted by molar-refractivity contribution is 0.101. The molecule has 2 aromatic rings. The summed E-state index contributed by atoms with van der Waals surface area (Å²) in [7, 11) is 0. The number of Topliss-reactive ketones (excluding diaryl/α,β-unsaturated/α-hetero) is 1. The highest BCUT2D eigenvalue weighted by Gasteiger charge is 2.19. The molecule has 0 atom stereocenters. The van der Waals surface area contributed by atoms with E-state index in [0.29, 0.717) is 5.69 Å². The fourth-order valence-electron chi connectivity index (χ4n) is 2.50. The Morgan fingerprint density at radius 2 is 1.78 bits per heavy atom. The zero-order chi connectivity index (χ0) is 12.7. The molecule has 0 heterocycles. The van der Waals surface area contributed by atoms with Crippen molar-refractivity contribution >= 4 is 11.5 Å². The van der Waals surface area contributed by atoms with Crippen LogP contribution in [0.25, 0.3) is 11.1 Å². The van der Waals surface area contributed by atoms with E-state index in [2.05, 4.69) is 5.48 Å². The standard InChI is InChI=1S/C15H13NO2/c1-9(17)10-2-4-14-11(6-10)7-12-8-13(16-18)3-5-15(12)14/h2-6,8,16,18H,7H2,1H3. The summed E-state index contributed by atoms with van der Waals surface area (Å²) in [5.74, 6) is 0.0893. The van der Waals surface area contributed by atoms with Crippen molar-refractivity contribution in [2.45, 2.75) is 13.3 Å². The maximum absolute atomic E-state index is 11.4. The monoisotopic (exact) mass is 239 g/mol. The van der Waals surface area contributed by atoms with Crippen molar-refractivity contribution in [2.75, 3.05) is 5.48 Å². The Kier molecular flexibility index (Phi) is 2.42. The number of anilines is 1. The second kappa shape index (κ2) is 3.96. The molecule has 3 heteroatoms. The van der Waals surface area contributed by atoms with E-state index >= 15 is 0 Å². The van der Waals surface area contributed by atoms with E-state index in [1.807, 2.05) is 36.4 Å². The largest absolute Gasteiger partial charge is 0.295 e. The molecule has 3 rings (SSSR count). The summed E-state index contributed by atoms with van der Waals surface area (Å²) in [4.78, 5) is 11.4. The van der Waals surface area contributed by atoms with E-state index in [0.717, 1.165) is 12.0 Å². The number of nitrogens with one attached hydrogen (secondary N) is 1. The summed E-state index contributed by atoms with van der Waals surface area (Å²) in [5.41, 5.74) is 8.30. The van der Waals surface area contributed by atoms with Crippen molar-refractivity contribution < 1.29 is 10.0 Å². The van der Waals surface area contributed by atoms with Gasteiger partial charge in [0.15, 0.2) is 5.78 Å². The lowest BCUT2D eigenvalue weighted by Gasteiger charge is -2.04. The lowest BCUT2D eigenvalue weighted by atomic mass is 10.0. The quantitative estimate of drug-likeness (QED) is 0.533. The Balaban J connectivity index is 2.10. The first kappa shape index (κ1) is 11.0. The Morgan fingerprint density at radius 1 is 1.11 bits per heavy atom.